The van der Waals surface area contributed by atoms with E-state index in [4.69, 9.17) is 0 Å². The van der Waals surface area contributed by atoms with Crippen LogP contribution >= 0.6 is 0 Å². The summed E-state index contributed by atoms with van der Waals surface area (Å²) in [4.78, 5) is 0. The fraction of sp³-hybridized carbons (Fsp3) is 0.538. The van der Waals surface area contributed by atoms with E-state index in [9.17, 15) is 0 Å². The molecule has 2 aliphatic carbocycles. The zero-order valence-corrected chi connectivity index (χ0v) is 25.1. The van der Waals surface area contributed by atoms with Gasteiger partial charge in [-0.2, -0.15) is 0 Å². The van der Waals surface area contributed by atoms with Crippen LogP contribution in [0.4, 0.5) is 0 Å². The molecule has 4 rings (SSSR count). The molecule has 0 nitrogen and oxygen atoms in total. The lowest BCUT2D eigenvalue weighted by Crippen LogP contribution is -2.25. The van der Waals surface area contributed by atoms with Gasteiger partial charge in [0.05, 0.1) is 11.6 Å². The van der Waals surface area contributed by atoms with E-state index in [0.717, 1.165) is 0 Å². The van der Waals surface area contributed by atoms with Crippen LogP contribution in [0.1, 0.15) is 146 Å². The summed E-state index contributed by atoms with van der Waals surface area (Å²) >= 11 is 0. The monoisotopic (exact) mass is 521 g/mol. The highest BCUT2D eigenvalue weighted by molar-refractivity contribution is 5.84. The number of rotatable bonds is 19. The van der Waals surface area contributed by atoms with Crippen LogP contribution in [-0.4, -0.2) is 0 Å². The van der Waals surface area contributed by atoms with Crippen LogP contribution in [0.5, 0.6) is 0 Å². The lowest BCUT2D eigenvalue weighted by molar-refractivity contribution is 0.397. The third-order valence-corrected chi connectivity index (χ3v) is 9.20. The van der Waals surface area contributed by atoms with Crippen molar-refractivity contribution >= 4 is 5.57 Å². The Labute approximate surface area is 240 Å². The molecule has 2 aromatic rings. The molecule has 0 radical (unpaired) electrons. The normalized spacial score (nSPS) is 14.7. The Hall–Kier alpha value is -2.43. The van der Waals surface area contributed by atoms with Gasteiger partial charge in [-0.05, 0) is 53.3 Å². The first-order chi connectivity index (χ1) is 19.3. The minimum Gasteiger partial charge on any atom is -0.0654 e. The fourth-order valence-corrected chi connectivity index (χ4v) is 6.98. The van der Waals surface area contributed by atoms with Gasteiger partial charge in [0.2, 0.25) is 0 Å². The summed E-state index contributed by atoms with van der Waals surface area (Å²) in [5, 5.41) is 0. The van der Waals surface area contributed by atoms with E-state index in [1.54, 1.807) is 11.1 Å². The Bertz CT molecular complexity index is 1070. The Morgan fingerprint density at radius 1 is 0.564 bits per heavy atom. The van der Waals surface area contributed by atoms with Gasteiger partial charge in [-0.25, -0.2) is 0 Å². The highest BCUT2D eigenvalue weighted by atomic mass is 14.4. The van der Waals surface area contributed by atoms with Crippen molar-refractivity contribution in [3.8, 4) is 11.1 Å². The Balaban J connectivity index is 1.52. The number of hydrogen-bond acceptors (Lipinski definition) is 0. The van der Waals surface area contributed by atoms with Gasteiger partial charge in [0.1, 0.15) is 0 Å². The Kier molecular flexibility index (Phi) is 12.1. The molecule has 0 aromatic heterocycles. The maximum Gasteiger partial charge on any atom is 0.155 e. The number of fused-ring (bicyclic) bond motifs is 3. The SMILES string of the molecule is CCCCCCCCCCC1(CCCCCCCCCC)c2ccccc2-c2ccc(C3=CC=CC=[C+]3)cc21. The van der Waals surface area contributed by atoms with E-state index in [1.807, 2.05) is 6.08 Å². The van der Waals surface area contributed by atoms with Crippen molar-refractivity contribution in [1.29, 1.82) is 0 Å². The van der Waals surface area contributed by atoms with Gasteiger partial charge in [-0.1, -0.05) is 141 Å². The molecule has 0 aliphatic heterocycles. The molecule has 208 valence electrons. The third kappa shape index (κ3) is 7.83. The Morgan fingerprint density at radius 3 is 1.72 bits per heavy atom. The van der Waals surface area contributed by atoms with Crippen molar-refractivity contribution in [2.75, 3.05) is 0 Å². The second-order valence-corrected chi connectivity index (χ2v) is 12.1. The molecule has 2 aliphatic rings. The van der Waals surface area contributed by atoms with Gasteiger partial charge >= 0.3 is 0 Å². The first-order valence-electron chi connectivity index (χ1n) is 16.5. The molecule has 0 atom stereocenters. The minimum atomic E-state index is 0.154. The van der Waals surface area contributed by atoms with Crippen molar-refractivity contribution in [2.45, 2.75) is 135 Å². The van der Waals surface area contributed by atoms with Crippen molar-refractivity contribution in [3.63, 3.8) is 0 Å². The summed E-state index contributed by atoms with van der Waals surface area (Å²) in [7, 11) is 0. The van der Waals surface area contributed by atoms with Crippen LogP contribution in [0.2, 0.25) is 0 Å². The van der Waals surface area contributed by atoms with Crippen LogP contribution in [0.3, 0.4) is 0 Å². The van der Waals surface area contributed by atoms with Crippen LogP contribution in [0.25, 0.3) is 16.7 Å². The molecule has 0 amide bonds. The van der Waals surface area contributed by atoms with Crippen molar-refractivity contribution in [2.24, 2.45) is 0 Å². The molecule has 0 spiro atoms. The fourth-order valence-electron chi connectivity index (χ4n) is 6.98. The van der Waals surface area contributed by atoms with Crippen molar-refractivity contribution in [3.05, 3.63) is 89.5 Å². The highest BCUT2D eigenvalue weighted by Crippen LogP contribution is 2.54. The molecule has 0 bridgehead atoms. The lowest BCUT2D eigenvalue weighted by Gasteiger charge is -2.33. The van der Waals surface area contributed by atoms with Gasteiger partial charge in [-0.3, -0.25) is 0 Å². The van der Waals surface area contributed by atoms with E-state index < -0.39 is 0 Å². The quantitative estimate of drug-likeness (QED) is 0.127. The molecule has 0 heteroatoms. The summed E-state index contributed by atoms with van der Waals surface area (Å²) in [5.74, 6) is 0. The van der Waals surface area contributed by atoms with Gasteiger partial charge in [0, 0.05) is 29.7 Å². The molecule has 0 saturated heterocycles. The molecule has 0 heterocycles. The van der Waals surface area contributed by atoms with Gasteiger partial charge < -0.3 is 0 Å². The van der Waals surface area contributed by atoms with E-state index >= 15 is 0 Å². The van der Waals surface area contributed by atoms with Gasteiger partial charge in [0.15, 0.2) is 5.57 Å². The zero-order valence-electron chi connectivity index (χ0n) is 25.1. The van der Waals surface area contributed by atoms with Crippen molar-refractivity contribution in [1.82, 2.24) is 0 Å². The maximum atomic E-state index is 3.49. The minimum absolute atomic E-state index is 0.154. The number of allylic oxidation sites excluding steroid dienone is 6. The first kappa shape index (κ1) is 29.6. The molecule has 39 heavy (non-hydrogen) atoms. The van der Waals surface area contributed by atoms with Crippen LogP contribution in [0, 0.1) is 6.08 Å². The molecular formula is C39H53+. The van der Waals surface area contributed by atoms with Gasteiger partial charge in [0.25, 0.3) is 0 Å². The summed E-state index contributed by atoms with van der Waals surface area (Å²) in [5.41, 5.74) is 8.83. The predicted octanol–water partition coefficient (Wildman–Crippen LogP) is 12.3. The average molecular weight is 522 g/mol. The summed E-state index contributed by atoms with van der Waals surface area (Å²) in [6, 6.07) is 16.6. The number of benzene rings is 2. The molecule has 0 saturated carbocycles. The van der Waals surface area contributed by atoms with E-state index in [-0.39, 0.29) is 5.41 Å². The summed E-state index contributed by atoms with van der Waals surface area (Å²) in [6.07, 6.45) is 36.7. The smallest absolute Gasteiger partial charge is 0.0654 e. The van der Waals surface area contributed by atoms with E-state index in [0.29, 0.717) is 0 Å². The number of unbranched alkanes of at least 4 members (excludes halogenated alkanes) is 14. The highest BCUT2D eigenvalue weighted by Gasteiger charge is 2.42. The molecule has 0 fully saturated rings. The topological polar surface area (TPSA) is 0 Å². The molecule has 0 N–H and O–H groups in total. The van der Waals surface area contributed by atoms with Crippen LogP contribution < -0.4 is 0 Å². The second-order valence-electron chi connectivity index (χ2n) is 12.1. The average Bonchev–Trinajstić information content (AvgIpc) is 3.25. The maximum absolute atomic E-state index is 3.49. The lowest BCUT2D eigenvalue weighted by atomic mass is 9.70. The summed E-state index contributed by atoms with van der Waals surface area (Å²) < 4.78 is 0. The van der Waals surface area contributed by atoms with Crippen molar-refractivity contribution < 1.29 is 0 Å². The molecule has 2 aromatic carbocycles. The van der Waals surface area contributed by atoms with E-state index in [1.165, 1.54) is 138 Å². The first-order valence-corrected chi connectivity index (χ1v) is 16.5. The predicted molar refractivity (Wildman–Crippen MR) is 172 cm³/mol. The van der Waals surface area contributed by atoms with Crippen LogP contribution in [-0.2, 0) is 5.41 Å². The Morgan fingerprint density at radius 2 is 1.13 bits per heavy atom. The standard InChI is InChI=1S/C39H53/c1-3-5-7-9-11-13-15-22-30-39(31-23-16-14-12-10-8-6-4-2)37-27-21-20-26-35(37)36-29-28-34(32-38(36)39)33-24-18-17-19-25-33/h17-21,24,26-29,32H,3-16,22-23,30-31H2,1-2H3/q+1. The van der Waals surface area contributed by atoms with Crippen LogP contribution in [0.15, 0.2) is 66.8 Å². The zero-order chi connectivity index (χ0) is 27.2. The van der Waals surface area contributed by atoms with E-state index in [2.05, 4.69) is 80.6 Å². The molecular weight excluding hydrogens is 468 g/mol. The number of hydrogen-bond donors (Lipinski definition) is 0. The summed E-state index contributed by atoms with van der Waals surface area (Å²) in [6.45, 7) is 4.62. The third-order valence-electron chi connectivity index (χ3n) is 9.20. The largest absolute Gasteiger partial charge is 0.155 e. The molecule has 0 unspecified atom stereocenters. The second kappa shape index (κ2) is 16.0. The van der Waals surface area contributed by atoms with Gasteiger partial charge in [-0.15, -0.1) is 0 Å².